The fourth-order valence-electron chi connectivity index (χ4n) is 6.91. The second kappa shape index (κ2) is 11.7. The fraction of sp³-hybridized carbons (Fsp3) is 0.645. The zero-order valence-corrected chi connectivity index (χ0v) is 24.2. The molecule has 9 heteroatoms. The molecule has 0 radical (unpaired) electrons. The number of fused-ring (bicyclic) bond motifs is 1. The molecule has 1 heterocycles. The van der Waals surface area contributed by atoms with Crippen LogP contribution in [0.4, 0.5) is 0 Å². The lowest BCUT2D eigenvalue weighted by Crippen LogP contribution is -2.69. The van der Waals surface area contributed by atoms with E-state index in [1.54, 1.807) is 0 Å². The van der Waals surface area contributed by atoms with Crippen LogP contribution >= 0.6 is 0 Å². The number of nitrogens with zero attached hydrogens (tertiary/aromatic N) is 1. The van der Waals surface area contributed by atoms with Crippen LogP contribution in [0.25, 0.3) is 0 Å². The second-order valence-corrected chi connectivity index (χ2v) is 12.9. The first-order valence-corrected chi connectivity index (χ1v) is 14.7. The van der Waals surface area contributed by atoms with Gasteiger partial charge in [-0.15, -0.1) is 0 Å². The van der Waals surface area contributed by atoms with Gasteiger partial charge in [-0.25, -0.2) is 0 Å². The average Bonchev–Trinajstić information content (AvgIpc) is 3.47. The van der Waals surface area contributed by atoms with Crippen LogP contribution in [0.15, 0.2) is 30.3 Å². The average molecular weight is 553 g/mol. The number of ketones is 1. The van der Waals surface area contributed by atoms with Crippen molar-refractivity contribution >= 4 is 29.4 Å². The zero-order valence-electron chi connectivity index (χ0n) is 24.2. The van der Waals surface area contributed by atoms with Crippen LogP contribution in [0.5, 0.6) is 0 Å². The van der Waals surface area contributed by atoms with Crippen molar-refractivity contribution < 1.29 is 24.0 Å². The van der Waals surface area contributed by atoms with Crippen molar-refractivity contribution in [3.8, 4) is 0 Å². The number of hydrogen-bond donors (Lipinski definition) is 3. The molecule has 4 amide bonds. The van der Waals surface area contributed by atoms with Crippen LogP contribution in [0.3, 0.4) is 0 Å². The second-order valence-electron chi connectivity index (χ2n) is 12.9. The number of amides is 4. The Morgan fingerprint density at radius 1 is 1.05 bits per heavy atom. The lowest BCUT2D eigenvalue weighted by Gasteiger charge is -2.46. The standard InChI is InChI=1S/C31H44N4O5/c1-5-10-23(25(37)27(38)33-21-15-16-21)31(29(32)40)22-14-9-13-20(22)18-35(31)28(39)26(30(2,3)4)34-24(36)17-19-11-7-6-8-12-19/h6-8,11-12,20-23,26H,5,9-10,13-18H2,1-4H3,(H2,32,40)(H,33,38)(H,34,36)/t20?,22?,23-,26-,31?/m1/s1. The minimum Gasteiger partial charge on any atom is -0.368 e. The lowest BCUT2D eigenvalue weighted by atomic mass is 9.68. The van der Waals surface area contributed by atoms with E-state index < -0.39 is 46.4 Å². The van der Waals surface area contributed by atoms with Crippen molar-refractivity contribution in [3.63, 3.8) is 0 Å². The van der Waals surface area contributed by atoms with E-state index in [4.69, 9.17) is 5.73 Å². The molecule has 1 saturated heterocycles. The number of carbonyl (C=O) groups excluding carboxylic acids is 5. The quantitative estimate of drug-likeness (QED) is 0.362. The third-order valence-corrected chi connectivity index (χ3v) is 8.94. The summed E-state index contributed by atoms with van der Waals surface area (Å²) in [7, 11) is 0. The summed E-state index contributed by atoms with van der Waals surface area (Å²) < 4.78 is 0. The topological polar surface area (TPSA) is 139 Å². The number of likely N-dealkylation sites (tertiary alicyclic amines) is 1. The molecule has 1 aliphatic heterocycles. The van der Waals surface area contributed by atoms with Crippen LogP contribution < -0.4 is 16.4 Å². The Labute approximate surface area is 237 Å². The number of benzene rings is 1. The monoisotopic (exact) mass is 552 g/mol. The predicted molar refractivity (Wildman–Crippen MR) is 151 cm³/mol. The smallest absolute Gasteiger partial charge is 0.287 e. The van der Waals surface area contributed by atoms with E-state index in [9.17, 15) is 24.0 Å². The summed E-state index contributed by atoms with van der Waals surface area (Å²) in [6, 6.07) is 8.29. The SMILES string of the molecule is CCC[C@H](C(=O)C(=O)NC1CC1)C1(C(N)=O)C2CCCC2CN1C(=O)[C@@H](NC(=O)Cc1ccccc1)C(C)(C)C. The number of nitrogens with one attached hydrogen (secondary N) is 2. The summed E-state index contributed by atoms with van der Waals surface area (Å²) in [5.41, 5.74) is 4.70. The molecule has 5 atom stereocenters. The number of carbonyl (C=O) groups is 5. The van der Waals surface area contributed by atoms with Gasteiger partial charge in [-0.1, -0.05) is 70.9 Å². The number of primary amides is 1. The number of nitrogens with two attached hydrogens (primary N) is 1. The van der Waals surface area contributed by atoms with E-state index in [-0.39, 0.29) is 43.2 Å². The first kappa shape index (κ1) is 29.7. The molecule has 0 bridgehead atoms. The van der Waals surface area contributed by atoms with E-state index in [0.29, 0.717) is 12.8 Å². The molecule has 9 nitrogen and oxygen atoms in total. The highest BCUT2D eigenvalue weighted by molar-refractivity contribution is 6.38. The predicted octanol–water partition coefficient (Wildman–Crippen LogP) is 2.51. The van der Waals surface area contributed by atoms with Gasteiger partial charge in [-0.05, 0) is 54.9 Å². The summed E-state index contributed by atoms with van der Waals surface area (Å²) in [5.74, 6) is -4.25. The van der Waals surface area contributed by atoms with Crippen LogP contribution in [0.1, 0.15) is 78.2 Å². The molecule has 0 aromatic heterocycles. The van der Waals surface area contributed by atoms with Gasteiger partial charge in [0.15, 0.2) is 0 Å². The van der Waals surface area contributed by atoms with Gasteiger partial charge < -0.3 is 21.3 Å². The molecular formula is C31H44N4O5. The Bertz CT molecular complexity index is 1140. The van der Waals surface area contributed by atoms with Crippen LogP contribution in [-0.2, 0) is 30.4 Å². The summed E-state index contributed by atoms with van der Waals surface area (Å²) in [4.78, 5) is 69.6. The maximum Gasteiger partial charge on any atom is 0.287 e. The Hall–Kier alpha value is -3.23. The first-order valence-electron chi connectivity index (χ1n) is 14.7. The minimum absolute atomic E-state index is 0.00395. The highest BCUT2D eigenvalue weighted by Crippen LogP contribution is 2.53. The molecule has 218 valence electrons. The number of Topliss-reactive ketones (excluding diaryl/α,β-unsaturated/α-hetero) is 1. The van der Waals surface area contributed by atoms with Gasteiger partial charge in [0, 0.05) is 12.6 Å². The summed E-state index contributed by atoms with van der Waals surface area (Å²) in [5, 5.41) is 5.71. The highest BCUT2D eigenvalue weighted by Gasteiger charge is 2.66. The third-order valence-electron chi connectivity index (χ3n) is 8.94. The molecule has 0 spiro atoms. The Morgan fingerprint density at radius 3 is 2.30 bits per heavy atom. The molecule has 2 saturated carbocycles. The number of rotatable bonds is 11. The molecule has 3 unspecified atom stereocenters. The van der Waals surface area contributed by atoms with E-state index in [0.717, 1.165) is 31.2 Å². The molecule has 3 aliphatic rings. The Morgan fingerprint density at radius 2 is 1.73 bits per heavy atom. The maximum atomic E-state index is 14.5. The summed E-state index contributed by atoms with van der Waals surface area (Å²) in [6.07, 6.45) is 4.87. The largest absolute Gasteiger partial charge is 0.368 e. The zero-order chi connectivity index (χ0) is 29.2. The van der Waals surface area contributed by atoms with Crippen molar-refractivity contribution in [3.05, 3.63) is 35.9 Å². The van der Waals surface area contributed by atoms with Crippen LogP contribution in [0.2, 0.25) is 0 Å². The van der Waals surface area contributed by atoms with Gasteiger partial charge in [0.25, 0.3) is 5.91 Å². The lowest BCUT2D eigenvalue weighted by molar-refractivity contribution is -0.159. The van der Waals surface area contributed by atoms with E-state index in [1.807, 2.05) is 58.0 Å². The third kappa shape index (κ3) is 5.79. The molecule has 3 fully saturated rings. The van der Waals surface area contributed by atoms with E-state index in [1.165, 1.54) is 4.90 Å². The molecule has 4 N–H and O–H groups in total. The van der Waals surface area contributed by atoms with Crippen molar-refractivity contribution in [1.82, 2.24) is 15.5 Å². The molecule has 2 aliphatic carbocycles. The fourth-order valence-corrected chi connectivity index (χ4v) is 6.91. The van der Waals surface area contributed by atoms with E-state index in [2.05, 4.69) is 10.6 Å². The summed E-state index contributed by atoms with van der Waals surface area (Å²) in [6.45, 7) is 7.74. The van der Waals surface area contributed by atoms with Crippen molar-refractivity contribution in [2.45, 2.75) is 96.7 Å². The normalized spacial score (nSPS) is 25.6. The van der Waals surface area contributed by atoms with Gasteiger partial charge in [-0.3, -0.25) is 24.0 Å². The maximum absolute atomic E-state index is 14.5. The van der Waals surface area contributed by atoms with Gasteiger partial charge in [-0.2, -0.15) is 0 Å². The minimum atomic E-state index is -1.63. The molecule has 1 aromatic rings. The molecule has 40 heavy (non-hydrogen) atoms. The molecule has 1 aromatic carbocycles. The van der Waals surface area contributed by atoms with Gasteiger partial charge in [0.2, 0.25) is 23.5 Å². The number of hydrogen-bond acceptors (Lipinski definition) is 5. The van der Waals surface area contributed by atoms with Gasteiger partial charge in [0.05, 0.1) is 12.3 Å². The highest BCUT2D eigenvalue weighted by atomic mass is 16.2. The molecular weight excluding hydrogens is 508 g/mol. The van der Waals surface area contributed by atoms with Gasteiger partial charge in [0.1, 0.15) is 11.6 Å². The first-order chi connectivity index (χ1) is 18.9. The Balaban J connectivity index is 1.71. The van der Waals surface area contributed by atoms with Crippen molar-refractivity contribution in [2.75, 3.05) is 6.54 Å². The molecule has 4 rings (SSSR count). The van der Waals surface area contributed by atoms with Crippen LogP contribution in [0, 0.1) is 23.2 Å². The Kier molecular flexibility index (Phi) is 8.71. The summed E-state index contributed by atoms with van der Waals surface area (Å²) >= 11 is 0. The van der Waals surface area contributed by atoms with Crippen molar-refractivity contribution in [1.29, 1.82) is 0 Å². The van der Waals surface area contributed by atoms with Gasteiger partial charge >= 0.3 is 0 Å². The van der Waals surface area contributed by atoms with Crippen molar-refractivity contribution in [2.24, 2.45) is 28.9 Å². The van der Waals surface area contributed by atoms with Crippen LogP contribution in [-0.4, -0.2) is 58.5 Å². The van der Waals surface area contributed by atoms with E-state index >= 15 is 0 Å².